The topological polar surface area (TPSA) is 77.0 Å². The molecule has 1 atom stereocenters. The van der Waals surface area contributed by atoms with E-state index in [1.54, 1.807) is 18.3 Å². The first kappa shape index (κ1) is 13.9. The van der Waals surface area contributed by atoms with Crippen LogP contribution in [0.15, 0.2) is 34.9 Å². The molecule has 1 aromatic carbocycles. The van der Waals surface area contributed by atoms with E-state index < -0.39 is 6.04 Å². The molecule has 4 nitrogen and oxygen atoms in total. The Morgan fingerprint density at radius 2 is 2.16 bits per heavy atom. The van der Waals surface area contributed by atoms with Gasteiger partial charge in [-0.15, -0.1) is 0 Å². The fraction of sp³-hybridized carbons (Fsp3) is 0.154. The molecule has 0 bridgehead atoms. The lowest BCUT2D eigenvalue weighted by Gasteiger charge is -2.20. The van der Waals surface area contributed by atoms with E-state index in [0.29, 0.717) is 21.4 Å². The average molecular weight is 325 g/mol. The van der Waals surface area contributed by atoms with Gasteiger partial charge in [0, 0.05) is 21.8 Å². The number of aryl methyl sites for hydroxylation is 1. The molecule has 5 N–H and O–H groups in total. The monoisotopic (exact) mass is 324 g/mol. The van der Waals surface area contributed by atoms with Crippen LogP contribution < -0.4 is 17.0 Å². The van der Waals surface area contributed by atoms with Crippen molar-refractivity contribution >= 4 is 21.7 Å². The number of nitrogens with zero attached hydrogens (tertiary/aromatic N) is 1. The number of nitrogens with two attached hydrogens (primary N) is 2. The molecule has 1 heterocycles. The second-order valence-corrected chi connectivity index (χ2v) is 5.08. The van der Waals surface area contributed by atoms with Gasteiger partial charge in [0.25, 0.3) is 0 Å². The molecule has 19 heavy (non-hydrogen) atoms. The standard InChI is InChI=1S/C13H14BrFN4/c1-7-5-8(13(16)18-6-7)12(19-17)11-9(14)3-2-4-10(11)15/h2-6,12,19H,17H2,1H3,(H2,16,18). The van der Waals surface area contributed by atoms with Crippen LogP contribution in [0.25, 0.3) is 0 Å². The third-order valence-corrected chi connectivity index (χ3v) is 3.54. The van der Waals surface area contributed by atoms with Gasteiger partial charge in [0.05, 0.1) is 6.04 Å². The molecule has 0 saturated carbocycles. The zero-order chi connectivity index (χ0) is 14.0. The Bertz CT molecular complexity index is 583. The number of hydrogen-bond donors (Lipinski definition) is 3. The number of anilines is 1. The molecule has 2 aromatic rings. The van der Waals surface area contributed by atoms with E-state index in [9.17, 15) is 4.39 Å². The minimum atomic E-state index is -0.567. The van der Waals surface area contributed by atoms with Gasteiger partial charge in [0.2, 0.25) is 0 Å². The molecular weight excluding hydrogens is 311 g/mol. The summed E-state index contributed by atoms with van der Waals surface area (Å²) in [5, 5.41) is 0. The molecule has 100 valence electrons. The van der Waals surface area contributed by atoms with Crippen LogP contribution in [0.2, 0.25) is 0 Å². The largest absolute Gasteiger partial charge is 0.383 e. The zero-order valence-electron chi connectivity index (χ0n) is 10.3. The van der Waals surface area contributed by atoms with Crippen molar-refractivity contribution in [2.45, 2.75) is 13.0 Å². The predicted molar refractivity (Wildman–Crippen MR) is 76.7 cm³/mol. The number of halogens is 2. The summed E-state index contributed by atoms with van der Waals surface area (Å²) in [6.07, 6.45) is 1.66. The molecule has 0 aliphatic heterocycles. The molecule has 2 rings (SSSR count). The van der Waals surface area contributed by atoms with Crippen molar-refractivity contribution in [2.24, 2.45) is 5.84 Å². The normalized spacial score (nSPS) is 12.4. The Morgan fingerprint density at radius 1 is 1.42 bits per heavy atom. The maximum atomic E-state index is 14.0. The Kier molecular flexibility index (Phi) is 4.14. The van der Waals surface area contributed by atoms with Crippen molar-refractivity contribution in [2.75, 3.05) is 5.73 Å². The Balaban J connectivity index is 2.59. The summed E-state index contributed by atoms with van der Waals surface area (Å²) < 4.78 is 14.6. The van der Waals surface area contributed by atoms with Crippen LogP contribution in [0.3, 0.4) is 0 Å². The van der Waals surface area contributed by atoms with Gasteiger partial charge in [-0.25, -0.2) is 14.8 Å². The molecule has 0 fully saturated rings. The molecule has 6 heteroatoms. The summed E-state index contributed by atoms with van der Waals surface area (Å²) in [6, 6.07) is 6.02. The van der Waals surface area contributed by atoms with Gasteiger partial charge < -0.3 is 5.73 Å². The van der Waals surface area contributed by atoms with Gasteiger partial charge >= 0.3 is 0 Å². The Morgan fingerprint density at radius 3 is 2.79 bits per heavy atom. The summed E-state index contributed by atoms with van der Waals surface area (Å²) in [5.74, 6) is 5.53. The number of hydrazine groups is 1. The number of nitrogen functional groups attached to an aromatic ring is 1. The number of pyridine rings is 1. The van der Waals surface area contributed by atoms with Gasteiger partial charge in [-0.1, -0.05) is 22.0 Å². The van der Waals surface area contributed by atoms with Crippen molar-refractivity contribution in [1.29, 1.82) is 0 Å². The zero-order valence-corrected chi connectivity index (χ0v) is 11.9. The highest BCUT2D eigenvalue weighted by Gasteiger charge is 2.22. The number of rotatable bonds is 3. The second-order valence-electron chi connectivity index (χ2n) is 4.22. The van der Waals surface area contributed by atoms with E-state index in [1.807, 2.05) is 13.0 Å². The highest BCUT2D eigenvalue weighted by atomic mass is 79.9. The van der Waals surface area contributed by atoms with Gasteiger partial charge in [0.15, 0.2) is 0 Å². The molecule has 0 aliphatic rings. The van der Waals surface area contributed by atoms with Gasteiger partial charge in [-0.2, -0.15) is 0 Å². The van der Waals surface area contributed by atoms with E-state index in [0.717, 1.165) is 5.56 Å². The summed E-state index contributed by atoms with van der Waals surface area (Å²) in [7, 11) is 0. The lowest BCUT2D eigenvalue weighted by Crippen LogP contribution is -2.30. The second kappa shape index (κ2) is 5.64. The molecule has 1 unspecified atom stereocenters. The summed E-state index contributed by atoms with van der Waals surface area (Å²) in [4.78, 5) is 4.08. The van der Waals surface area contributed by atoms with Crippen molar-refractivity contribution in [3.8, 4) is 0 Å². The highest BCUT2D eigenvalue weighted by Crippen LogP contribution is 2.32. The lowest BCUT2D eigenvalue weighted by molar-refractivity contribution is 0.557. The smallest absolute Gasteiger partial charge is 0.129 e. The van der Waals surface area contributed by atoms with Crippen LogP contribution >= 0.6 is 15.9 Å². The molecular formula is C13H14BrFN4. The highest BCUT2D eigenvalue weighted by molar-refractivity contribution is 9.10. The maximum Gasteiger partial charge on any atom is 0.129 e. The number of aromatic nitrogens is 1. The van der Waals surface area contributed by atoms with Crippen molar-refractivity contribution in [1.82, 2.24) is 10.4 Å². The van der Waals surface area contributed by atoms with Crippen LogP contribution in [-0.4, -0.2) is 4.98 Å². The molecule has 0 amide bonds. The van der Waals surface area contributed by atoms with E-state index in [-0.39, 0.29) is 5.82 Å². The van der Waals surface area contributed by atoms with Gasteiger partial charge in [-0.3, -0.25) is 5.84 Å². The number of hydrogen-bond acceptors (Lipinski definition) is 4. The number of benzene rings is 1. The molecule has 0 radical (unpaired) electrons. The van der Waals surface area contributed by atoms with Crippen LogP contribution in [0.5, 0.6) is 0 Å². The van der Waals surface area contributed by atoms with Crippen molar-refractivity contribution in [3.05, 3.63) is 57.4 Å². The first-order valence-corrected chi connectivity index (χ1v) is 6.46. The lowest BCUT2D eigenvalue weighted by atomic mass is 9.98. The van der Waals surface area contributed by atoms with Crippen molar-refractivity contribution < 1.29 is 4.39 Å². The Hall–Kier alpha value is -1.50. The third-order valence-electron chi connectivity index (χ3n) is 2.85. The molecule has 1 aromatic heterocycles. The minimum Gasteiger partial charge on any atom is -0.383 e. The molecule has 0 spiro atoms. The number of nitrogens with one attached hydrogen (secondary N) is 1. The van der Waals surface area contributed by atoms with Crippen molar-refractivity contribution in [3.63, 3.8) is 0 Å². The maximum absolute atomic E-state index is 14.0. The van der Waals surface area contributed by atoms with E-state index in [2.05, 4.69) is 26.3 Å². The summed E-state index contributed by atoms with van der Waals surface area (Å²) >= 11 is 3.33. The fourth-order valence-corrected chi connectivity index (χ4v) is 2.52. The van der Waals surface area contributed by atoms with Gasteiger partial charge in [0.1, 0.15) is 11.6 Å². The first-order chi connectivity index (χ1) is 9.04. The minimum absolute atomic E-state index is 0.323. The van der Waals surface area contributed by atoms with Gasteiger partial charge in [-0.05, 0) is 30.7 Å². The first-order valence-electron chi connectivity index (χ1n) is 5.66. The fourth-order valence-electron chi connectivity index (χ4n) is 1.95. The van der Waals surface area contributed by atoms with Crippen LogP contribution in [0, 0.1) is 12.7 Å². The Labute approximate surface area is 119 Å². The molecule has 0 aliphatic carbocycles. The van der Waals surface area contributed by atoms with E-state index in [1.165, 1.54) is 6.07 Å². The van der Waals surface area contributed by atoms with Crippen LogP contribution in [0.4, 0.5) is 10.2 Å². The average Bonchev–Trinajstić information content (AvgIpc) is 2.37. The van der Waals surface area contributed by atoms with Crippen LogP contribution in [-0.2, 0) is 0 Å². The van der Waals surface area contributed by atoms with E-state index >= 15 is 0 Å². The molecule has 0 saturated heterocycles. The quantitative estimate of drug-likeness (QED) is 0.598. The summed E-state index contributed by atoms with van der Waals surface area (Å²) in [5.41, 5.74) is 10.4. The van der Waals surface area contributed by atoms with E-state index in [4.69, 9.17) is 11.6 Å². The van der Waals surface area contributed by atoms with Crippen LogP contribution in [0.1, 0.15) is 22.7 Å². The SMILES string of the molecule is Cc1cnc(N)c(C(NN)c2c(F)cccc2Br)c1. The predicted octanol–water partition coefficient (Wildman–Crippen LogP) is 2.43. The third kappa shape index (κ3) is 2.75. The summed E-state index contributed by atoms with van der Waals surface area (Å²) in [6.45, 7) is 1.89.